The van der Waals surface area contributed by atoms with Crippen molar-refractivity contribution in [1.29, 1.82) is 0 Å². The molecule has 9 aromatic carbocycles. The van der Waals surface area contributed by atoms with Crippen LogP contribution in [0.25, 0.3) is 98.8 Å². The molecular weight excluding hydrogens is 1900 g/mol. The molecule has 0 spiro atoms. The highest BCUT2D eigenvalue weighted by molar-refractivity contribution is 9.11. The molecule has 0 bridgehead atoms. The number of benzene rings is 9. The number of aliphatic carboxylic acids is 6. The zero-order valence-electron chi connectivity index (χ0n) is 68.8. The highest BCUT2D eigenvalue weighted by atomic mass is 79.9. The maximum Gasteiger partial charge on any atom is 0.319 e. The normalized spacial score (nSPS) is 12.0. The fourth-order valence-corrected chi connectivity index (χ4v) is 18.8. The maximum absolute atomic E-state index is 14.1. The molecule has 0 fully saturated rings. The summed E-state index contributed by atoms with van der Waals surface area (Å²) in [6.45, 7) is 15.3. The number of carbonyl (C=O) groups is 6. The average molecular weight is 1990 g/mol. The first kappa shape index (κ1) is 96.7. The van der Waals surface area contributed by atoms with E-state index >= 15 is 0 Å². The monoisotopic (exact) mass is 1980 g/mol. The fourth-order valence-electron chi connectivity index (χ4n) is 11.8. The van der Waals surface area contributed by atoms with Crippen molar-refractivity contribution < 1.29 is 72.9 Å². The van der Waals surface area contributed by atoms with Gasteiger partial charge in [0.2, 0.25) is 0 Å². The van der Waals surface area contributed by atoms with Crippen LogP contribution in [-0.2, 0) is 28.8 Å². The molecule has 0 amide bonds. The van der Waals surface area contributed by atoms with E-state index in [0.717, 1.165) is 136 Å². The number of thioether (sulfide) groups is 6. The van der Waals surface area contributed by atoms with Gasteiger partial charge >= 0.3 is 35.8 Å². The minimum absolute atomic E-state index is 0.288. The Morgan fingerprint density at radius 3 is 0.928 bits per heavy atom. The van der Waals surface area contributed by atoms with Crippen molar-refractivity contribution in [1.82, 2.24) is 29.9 Å². The van der Waals surface area contributed by atoms with Crippen LogP contribution in [-0.4, -0.2) is 133 Å². The number of carboxylic acids is 6. The molecule has 6 N–H and O–H groups in total. The predicted molar refractivity (Wildman–Crippen MR) is 513 cm³/mol. The van der Waals surface area contributed by atoms with Crippen LogP contribution < -0.4 is 4.74 Å². The summed E-state index contributed by atoms with van der Waals surface area (Å²) in [7, 11) is 1.64. The Morgan fingerprint density at radius 2 is 0.624 bits per heavy atom. The molecule has 0 saturated heterocycles. The van der Waals surface area contributed by atoms with Gasteiger partial charge in [0.25, 0.3) is 0 Å². The van der Waals surface area contributed by atoms with E-state index in [4.69, 9.17) is 20.1 Å². The lowest BCUT2D eigenvalue weighted by atomic mass is 10.0. The van der Waals surface area contributed by atoms with E-state index in [1.165, 1.54) is 82.7 Å². The number of methoxy groups -OCH3 is 1. The number of pyridine rings is 6. The first-order chi connectivity index (χ1) is 59.4. The summed E-state index contributed by atoms with van der Waals surface area (Å²) < 4.78 is 33.4. The number of halogens is 5. The summed E-state index contributed by atoms with van der Waals surface area (Å²) >= 11 is 18.1. The molecule has 30 heteroatoms. The van der Waals surface area contributed by atoms with Crippen LogP contribution in [0.3, 0.4) is 0 Å². The molecule has 15 rings (SSSR count). The second-order valence-electron chi connectivity index (χ2n) is 29.0. The van der Waals surface area contributed by atoms with Gasteiger partial charge in [0.1, 0.15) is 47.4 Å². The van der Waals surface area contributed by atoms with E-state index < -0.39 is 65.8 Å². The average Bonchev–Trinajstić information content (AvgIpc) is 0.803. The van der Waals surface area contributed by atoms with E-state index in [1.54, 1.807) is 148 Å². The van der Waals surface area contributed by atoms with Gasteiger partial charge in [-0.15, -0.1) is 70.6 Å². The largest absolute Gasteiger partial charge is 0.497 e. The number of hydrogen-bond acceptors (Lipinski definition) is 19. The summed E-state index contributed by atoms with van der Waals surface area (Å²) in [5.74, 6) is -4.78. The molecule has 3 unspecified atom stereocenters. The number of carboxylic acid groups (broad SMARTS) is 6. The van der Waals surface area contributed by atoms with Gasteiger partial charge in [0, 0.05) is 123 Å². The smallest absolute Gasteiger partial charge is 0.319 e. The first-order valence-corrected chi connectivity index (χ1v) is 45.8. The summed E-state index contributed by atoms with van der Waals surface area (Å²) in [5.41, 5.74) is 9.60. The highest BCUT2D eigenvalue weighted by Crippen LogP contribution is 2.43. The molecule has 0 aliphatic rings. The Hall–Kier alpha value is -10.5. The number of rotatable bonds is 23. The number of nitrogens with zero attached hydrogens (tertiary/aromatic N) is 6. The molecule has 3 atom stereocenters. The summed E-state index contributed by atoms with van der Waals surface area (Å²) in [5, 5.41) is 59.1. The zero-order valence-corrected chi connectivity index (χ0v) is 78.4. The van der Waals surface area contributed by atoms with Gasteiger partial charge < -0.3 is 35.4 Å². The molecule has 0 aliphatic carbocycles. The second-order valence-corrected chi connectivity index (χ2v) is 40.8. The standard InChI is InChI=1S/C20H19NO3S.C19H16FNO2S.C18H14FNO2S.2C13H12BrNO2S.C12H10BrNO2S/c1-20(2,19(22)23)25-18-10-11-21-17-9-6-14(12-16(17)18)13-4-7-15(24-3)8-5-13;1-19(2,18(22)23)24-17-9-10-21-16-8-7-12(11-14(16)17)13-5-3-4-6-15(13)20;1-11(18(21)22)23-17-8-9-20-16-7-6-12(10-14(16)17)13-4-2-3-5-15(13)19;1-13(2,12(16)17)18-11-5-6-15-10-4-3-8(14)7-9(10)11;1-2-11(13(16)17)18-12-5-6-15-10-4-3-8(14)7-9(10)12;1-7(12(15)16)17-11-4-5-14-10-3-2-8(13)6-9(10)11/h4-12H,1-3H3,(H,22,23);3-11H,1-2H3,(H,22,23);2-11H,1H3,(H,21,22);3-7H,1-2H3,(H,16,17);3-7,11H,2H2,1H3,(H,16,17);2-7H,1H3,(H,15,16). The van der Waals surface area contributed by atoms with Crippen molar-refractivity contribution in [3.63, 3.8) is 0 Å². The highest BCUT2D eigenvalue weighted by Gasteiger charge is 2.32. The van der Waals surface area contributed by atoms with Crippen molar-refractivity contribution in [3.8, 4) is 39.1 Å². The zero-order chi connectivity index (χ0) is 90.6. The minimum atomic E-state index is -0.970. The Labute approximate surface area is 770 Å². The summed E-state index contributed by atoms with van der Waals surface area (Å²) in [6, 6.07) is 66.5. The van der Waals surface area contributed by atoms with E-state index in [0.29, 0.717) is 17.5 Å². The van der Waals surface area contributed by atoms with Crippen LogP contribution in [0.1, 0.15) is 68.7 Å². The number of hydrogen-bond donors (Lipinski definition) is 6. The van der Waals surface area contributed by atoms with Crippen LogP contribution in [0.5, 0.6) is 5.75 Å². The third-order valence-electron chi connectivity index (χ3n) is 18.7. The molecule has 6 aromatic heterocycles. The lowest BCUT2D eigenvalue weighted by molar-refractivity contribution is -0.139. The lowest BCUT2D eigenvalue weighted by Gasteiger charge is -2.19. The van der Waals surface area contributed by atoms with Crippen molar-refractivity contribution in [2.24, 2.45) is 0 Å². The van der Waals surface area contributed by atoms with Gasteiger partial charge in [-0.05, 0) is 236 Å². The third kappa shape index (κ3) is 26.1. The third-order valence-corrected chi connectivity index (χ3v) is 27.8. The van der Waals surface area contributed by atoms with E-state index in [2.05, 4.69) is 83.8 Å². The SMILES string of the molecule is CC(C)(Sc1ccnc2ccc(-c3ccccc3F)cc12)C(=O)O.CC(C)(Sc1ccnc2ccc(Br)cc12)C(=O)O.CC(Sc1ccnc2ccc(-c3ccccc3F)cc12)C(=O)O.CC(Sc1ccnc2ccc(Br)cc12)C(=O)O.CCC(Sc1ccnc2ccc(Br)cc12)C(=O)O.COc1ccc(-c2ccc3nccc(SC(C)(C)C(=O)O)c3c2)cc1. The number of aromatic nitrogens is 6. The van der Waals surface area contributed by atoms with Crippen LogP contribution in [0.2, 0.25) is 0 Å². The molecule has 0 aliphatic heterocycles. The summed E-state index contributed by atoms with van der Waals surface area (Å²) in [4.78, 5) is 98.3. The Kier molecular flexibility index (Phi) is 34.1. The predicted octanol–water partition coefficient (Wildman–Crippen LogP) is 25.9. The molecular formula is C95H83Br3F2N6O13S6. The molecule has 125 heavy (non-hydrogen) atoms. The topological polar surface area (TPSA) is 310 Å². The van der Waals surface area contributed by atoms with Gasteiger partial charge in [0.05, 0.1) is 40.2 Å². The molecule has 6 heterocycles. The van der Waals surface area contributed by atoms with Gasteiger partial charge in [-0.25, -0.2) is 8.78 Å². The minimum Gasteiger partial charge on any atom is -0.497 e. The van der Waals surface area contributed by atoms with E-state index in [9.17, 15) is 52.9 Å². The number of ether oxygens (including phenoxy) is 1. The number of fused-ring (bicyclic) bond motifs is 6. The van der Waals surface area contributed by atoms with Crippen molar-refractivity contribution in [2.75, 3.05) is 7.11 Å². The van der Waals surface area contributed by atoms with E-state index in [1.807, 2.05) is 159 Å². The van der Waals surface area contributed by atoms with Crippen molar-refractivity contribution >= 4 is 220 Å². The molecule has 0 saturated carbocycles. The Morgan fingerprint density at radius 1 is 0.352 bits per heavy atom. The van der Waals surface area contributed by atoms with Crippen LogP contribution in [0.15, 0.2) is 298 Å². The summed E-state index contributed by atoms with van der Waals surface area (Å²) in [6.07, 6.45) is 10.7. The Bertz CT molecular complexity index is 6490. The maximum atomic E-state index is 14.1. The molecule has 0 radical (unpaired) electrons. The van der Waals surface area contributed by atoms with Crippen LogP contribution in [0.4, 0.5) is 8.78 Å². The molecule has 642 valence electrons. The fraction of sp³-hybridized carbons (Fsp3) is 0.179. The van der Waals surface area contributed by atoms with Gasteiger partial charge in [0.15, 0.2) is 0 Å². The first-order valence-electron chi connectivity index (χ1n) is 38.3. The molecule has 15 aromatic rings. The van der Waals surface area contributed by atoms with Crippen molar-refractivity contribution in [3.05, 3.63) is 281 Å². The van der Waals surface area contributed by atoms with Crippen LogP contribution in [0, 0.1) is 11.6 Å². The lowest BCUT2D eigenvalue weighted by Crippen LogP contribution is -2.26. The quantitative estimate of drug-likeness (QED) is 0.0324. The van der Waals surface area contributed by atoms with Gasteiger partial charge in [-0.1, -0.05) is 121 Å². The van der Waals surface area contributed by atoms with Gasteiger partial charge in [-0.3, -0.25) is 58.7 Å². The van der Waals surface area contributed by atoms with Crippen molar-refractivity contribution in [2.45, 2.75) is 128 Å². The van der Waals surface area contributed by atoms with E-state index in [-0.39, 0.29) is 11.6 Å². The Balaban J connectivity index is 0.000000158. The molecule has 19 nitrogen and oxygen atoms in total. The second kappa shape index (κ2) is 44.1. The van der Waals surface area contributed by atoms with Gasteiger partial charge in [-0.2, -0.15) is 0 Å². The van der Waals surface area contributed by atoms with Crippen LogP contribution >= 0.6 is 118 Å².